The summed E-state index contributed by atoms with van der Waals surface area (Å²) in [5.41, 5.74) is 0.577. The molecule has 0 radical (unpaired) electrons. The number of rotatable bonds is 4. The molecule has 1 aromatic rings. The Labute approximate surface area is 98.3 Å². The fourth-order valence-electron chi connectivity index (χ4n) is 1.17. The molecular formula is C10H12FNO4S. The number of hydrogen-bond donors (Lipinski definition) is 2. The van der Waals surface area contributed by atoms with Gasteiger partial charge in [-0.2, -0.15) is 4.72 Å². The van der Waals surface area contributed by atoms with Crippen LogP contribution >= 0.6 is 0 Å². The van der Waals surface area contributed by atoms with Crippen molar-refractivity contribution in [1.29, 1.82) is 0 Å². The predicted octanol–water partition coefficient (Wildman–Crippen LogP) is 0.886. The van der Waals surface area contributed by atoms with Crippen molar-refractivity contribution in [1.82, 2.24) is 4.72 Å². The molecule has 5 nitrogen and oxygen atoms in total. The van der Waals surface area contributed by atoms with E-state index in [-0.39, 0.29) is 0 Å². The maximum Gasteiger partial charge on any atom is 0.321 e. The van der Waals surface area contributed by atoms with Crippen molar-refractivity contribution in [2.75, 3.05) is 0 Å². The number of benzene rings is 1. The van der Waals surface area contributed by atoms with E-state index in [2.05, 4.69) is 0 Å². The molecule has 0 saturated carbocycles. The zero-order valence-electron chi connectivity index (χ0n) is 9.27. The van der Waals surface area contributed by atoms with Gasteiger partial charge in [-0.1, -0.05) is 6.07 Å². The Kier molecular flexibility index (Phi) is 3.84. The molecule has 0 saturated heterocycles. The van der Waals surface area contributed by atoms with Gasteiger partial charge in [-0.15, -0.1) is 0 Å². The molecule has 0 heterocycles. The number of halogens is 1. The van der Waals surface area contributed by atoms with Gasteiger partial charge in [-0.05, 0) is 31.5 Å². The quantitative estimate of drug-likeness (QED) is 0.843. The topological polar surface area (TPSA) is 83.5 Å². The number of sulfonamides is 1. The third-order valence-electron chi connectivity index (χ3n) is 2.08. The molecular weight excluding hydrogens is 249 g/mol. The van der Waals surface area contributed by atoms with E-state index in [1.165, 1.54) is 6.07 Å². The number of hydrogen-bond acceptors (Lipinski definition) is 3. The Balaban J connectivity index is 3.10. The summed E-state index contributed by atoms with van der Waals surface area (Å²) in [6, 6.07) is 2.28. The van der Waals surface area contributed by atoms with Crippen molar-refractivity contribution in [3.63, 3.8) is 0 Å². The summed E-state index contributed by atoms with van der Waals surface area (Å²) < 4.78 is 38.6. The number of carboxylic acids is 1. The maximum absolute atomic E-state index is 13.4. The molecule has 0 aliphatic carbocycles. The van der Waals surface area contributed by atoms with Crippen LogP contribution in [-0.4, -0.2) is 25.5 Å². The van der Waals surface area contributed by atoms with Gasteiger partial charge in [0.1, 0.15) is 16.8 Å². The van der Waals surface area contributed by atoms with Crippen LogP contribution in [0.3, 0.4) is 0 Å². The second kappa shape index (κ2) is 4.80. The Morgan fingerprint density at radius 3 is 2.53 bits per heavy atom. The lowest BCUT2D eigenvalue weighted by molar-refractivity contribution is -0.138. The largest absolute Gasteiger partial charge is 0.480 e. The lowest BCUT2D eigenvalue weighted by atomic mass is 10.2. The van der Waals surface area contributed by atoms with Crippen LogP contribution in [0.5, 0.6) is 0 Å². The summed E-state index contributed by atoms with van der Waals surface area (Å²) in [6.45, 7) is 2.78. The lowest BCUT2D eigenvalue weighted by Gasteiger charge is -2.11. The Morgan fingerprint density at radius 2 is 2.06 bits per heavy atom. The maximum atomic E-state index is 13.4. The molecule has 1 atom stereocenters. The summed E-state index contributed by atoms with van der Waals surface area (Å²) in [4.78, 5) is 9.97. The smallest absolute Gasteiger partial charge is 0.321 e. The molecule has 0 fully saturated rings. The second-order valence-corrected chi connectivity index (χ2v) is 5.30. The number of aryl methyl sites for hydroxylation is 1. The van der Waals surface area contributed by atoms with E-state index in [0.29, 0.717) is 5.56 Å². The summed E-state index contributed by atoms with van der Waals surface area (Å²) in [6.07, 6.45) is 0. The average molecular weight is 261 g/mol. The Morgan fingerprint density at radius 1 is 1.47 bits per heavy atom. The van der Waals surface area contributed by atoms with E-state index in [0.717, 1.165) is 19.1 Å². The van der Waals surface area contributed by atoms with Crippen molar-refractivity contribution in [2.45, 2.75) is 24.8 Å². The molecule has 1 aromatic carbocycles. The standard InChI is InChI=1S/C10H12FNO4S/c1-6-3-4-9(8(11)5-6)17(15,16)12-7(2)10(13)14/h3-5,7,12H,1-2H3,(H,13,14). The van der Waals surface area contributed by atoms with Crippen LogP contribution in [0.4, 0.5) is 4.39 Å². The van der Waals surface area contributed by atoms with Crippen LogP contribution < -0.4 is 4.72 Å². The summed E-state index contributed by atoms with van der Waals surface area (Å²) in [7, 11) is -4.16. The third kappa shape index (κ3) is 3.24. The molecule has 0 aliphatic rings. The van der Waals surface area contributed by atoms with Crippen LogP contribution in [0.1, 0.15) is 12.5 Å². The highest BCUT2D eigenvalue weighted by atomic mass is 32.2. The van der Waals surface area contributed by atoms with E-state index in [1.54, 1.807) is 6.92 Å². The van der Waals surface area contributed by atoms with Crippen molar-refractivity contribution in [3.05, 3.63) is 29.6 Å². The van der Waals surface area contributed by atoms with Gasteiger partial charge in [-0.3, -0.25) is 4.79 Å². The van der Waals surface area contributed by atoms with E-state index in [9.17, 15) is 17.6 Å². The molecule has 17 heavy (non-hydrogen) atoms. The molecule has 1 rings (SSSR count). The van der Waals surface area contributed by atoms with E-state index >= 15 is 0 Å². The molecule has 0 bridgehead atoms. The first-order chi connectivity index (χ1) is 7.74. The number of carbonyl (C=O) groups is 1. The first-order valence-corrected chi connectivity index (χ1v) is 6.23. The third-order valence-corrected chi connectivity index (χ3v) is 3.65. The SMILES string of the molecule is Cc1ccc(S(=O)(=O)NC(C)C(=O)O)c(F)c1. The molecule has 2 N–H and O–H groups in total. The number of nitrogens with one attached hydrogen (secondary N) is 1. The van der Waals surface area contributed by atoms with Gasteiger partial charge in [0.15, 0.2) is 0 Å². The Hall–Kier alpha value is -1.47. The van der Waals surface area contributed by atoms with E-state index < -0.39 is 32.7 Å². The van der Waals surface area contributed by atoms with Crippen molar-refractivity contribution in [3.8, 4) is 0 Å². The first-order valence-electron chi connectivity index (χ1n) is 4.75. The van der Waals surface area contributed by atoms with Gasteiger partial charge in [0.2, 0.25) is 10.0 Å². The first kappa shape index (κ1) is 13.6. The van der Waals surface area contributed by atoms with Crippen LogP contribution in [0.2, 0.25) is 0 Å². The molecule has 1 unspecified atom stereocenters. The van der Waals surface area contributed by atoms with Crippen molar-refractivity contribution >= 4 is 16.0 Å². The van der Waals surface area contributed by atoms with E-state index in [1.807, 2.05) is 4.72 Å². The normalized spacial score (nSPS) is 13.4. The molecule has 0 aliphatic heterocycles. The summed E-state index contributed by atoms with van der Waals surface area (Å²) in [5, 5.41) is 8.58. The van der Waals surface area contributed by atoms with Gasteiger partial charge in [-0.25, -0.2) is 12.8 Å². The van der Waals surface area contributed by atoms with Gasteiger partial charge in [0.25, 0.3) is 0 Å². The average Bonchev–Trinajstić information content (AvgIpc) is 2.15. The summed E-state index contributed by atoms with van der Waals surface area (Å²) in [5.74, 6) is -2.24. The minimum absolute atomic E-state index is 0.559. The highest BCUT2D eigenvalue weighted by Gasteiger charge is 2.24. The number of aliphatic carboxylic acids is 1. The van der Waals surface area contributed by atoms with Crippen LogP contribution in [0, 0.1) is 12.7 Å². The number of carboxylic acid groups (broad SMARTS) is 1. The van der Waals surface area contributed by atoms with Gasteiger partial charge < -0.3 is 5.11 Å². The van der Waals surface area contributed by atoms with Gasteiger partial charge in [0, 0.05) is 0 Å². The van der Waals surface area contributed by atoms with Gasteiger partial charge in [0.05, 0.1) is 0 Å². The second-order valence-electron chi connectivity index (χ2n) is 3.62. The predicted molar refractivity (Wildman–Crippen MR) is 58.6 cm³/mol. The zero-order chi connectivity index (χ0) is 13.2. The van der Waals surface area contributed by atoms with Gasteiger partial charge >= 0.3 is 5.97 Å². The molecule has 0 spiro atoms. The molecule has 0 aromatic heterocycles. The van der Waals surface area contributed by atoms with Crippen molar-refractivity contribution in [2.24, 2.45) is 0 Å². The molecule has 0 amide bonds. The fraction of sp³-hybridized carbons (Fsp3) is 0.300. The van der Waals surface area contributed by atoms with Crippen LogP contribution in [-0.2, 0) is 14.8 Å². The van der Waals surface area contributed by atoms with Crippen LogP contribution in [0.15, 0.2) is 23.1 Å². The minimum Gasteiger partial charge on any atom is -0.480 e. The monoisotopic (exact) mass is 261 g/mol. The highest BCUT2D eigenvalue weighted by Crippen LogP contribution is 2.15. The summed E-state index contributed by atoms with van der Waals surface area (Å²) >= 11 is 0. The Bertz CT molecular complexity index is 541. The highest BCUT2D eigenvalue weighted by molar-refractivity contribution is 7.89. The minimum atomic E-state index is -4.16. The zero-order valence-corrected chi connectivity index (χ0v) is 10.1. The van der Waals surface area contributed by atoms with Crippen LogP contribution in [0.25, 0.3) is 0 Å². The van der Waals surface area contributed by atoms with E-state index in [4.69, 9.17) is 5.11 Å². The fourth-order valence-corrected chi connectivity index (χ4v) is 2.43. The molecule has 7 heteroatoms. The lowest BCUT2D eigenvalue weighted by Crippen LogP contribution is -2.38. The van der Waals surface area contributed by atoms with Crippen molar-refractivity contribution < 1.29 is 22.7 Å². The molecule has 94 valence electrons.